The van der Waals surface area contributed by atoms with Crippen molar-refractivity contribution in [2.24, 2.45) is 0 Å². The summed E-state index contributed by atoms with van der Waals surface area (Å²) in [6, 6.07) is 1.32. The zero-order valence-electron chi connectivity index (χ0n) is 10.0. The molecule has 5 heteroatoms. The monoisotopic (exact) mass is 254 g/mol. The van der Waals surface area contributed by atoms with Gasteiger partial charge in [-0.25, -0.2) is 4.39 Å². The number of aryl methyl sites for hydroxylation is 1. The molecular formula is C13H15FO4. The summed E-state index contributed by atoms with van der Waals surface area (Å²) in [7, 11) is 0. The van der Waals surface area contributed by atoms with Gasteiger partial charge in [-0.15, -0.1) is 0 Å². The van der Waals surface area contributed by atoms with E-state index in [0.717, 1.165) is 0 Å². The van der Waals surface area contributed by atoms with Gasteiger partial charge in [-0.05, 0) is 31.4 Å². The molecule has 0 spiro atoms. The van der Waals surface area contributed by atoms with E-state index < -0.39 is 28.7 Å². The number of rotatable bonds is 2. The lowest BCUT2D eigenvalue weighted by atomic mass is 9.78. The maximum Gasteiger partial charge on any atom is 0.314 e. The lowest BCUT2D eigenvalue weighted by molar-refractivity contribution is -0.143. The maximum atomic E-state index is 14.0. The molecule has 1 aromatic rings. The third-order valence-corrected chi connectivity index (χ3v) is 3.79. The quantitative estimate of drug-likeness (QED) is 0.708. The van der Waals surface area contributed by atoms with Gasteiger partial charge in [-0.2, -0.15) is 0 Å². The van der Waals surface area contributed by atoms with Crippen molar-refractivity contribution in [2.45, 2.75) is 38.0 Å². The van der Waals surface area contributed by atoms with Gasteiger partial charge in [0.2, 0.25) is 0 Å². The van der Waals surface area contributed by atoms with E-state index in [4.69, 9.17) is 0 Å². The molecule has 0 radical (unpaired) electrons. The number of carboxylic acids is 1. The van der Waals surface area contributed by atoms with E-state index in [-0.39, 0.29) is 11.1 Å². The van der Waals surface area contributed by atoms with Crippen LogP contribution in [0.4, 0.5) is 4.39 Å². The van der Waals surface area contributed by atoms with E-state index in [0.29, 0.717) is 25.7 Å². The number of aliphatic carboxylic acids is 1. The molecule has 0 amide bonds. The molecule has 0 saturated heterocycles. The first kappa shape index (κ1) is 12.7. The summed E-state index contributed by atoms with van der Waals surface area (Å²) in [6.45, 7) is 1.50. The summed E-state index contributed by atoms with van der Waals surface area (Å²) < 4.78 is 14.0. The zero-order valence-corrected chi connectivity index (χ0v) is 10.0. The van der Waals surface area contributed by atoms with Gasteiger partial charge in [0.05, 0.1) is 5.41 Å². The Balaban J connectivity index is 2.67. The lowest BCUT2D eigenvalue weighted by Crippen LogP contribution is -2.33. The van der Waals surface area contributed by atoms with E-state index in [9.17, 15) is 24.5 Å². The van der Waals surface area contributed by atoms with E-state index in [1.807, 2.05) is 0 Å². The van der Waals surface area contributed by atoms with Crippen molar-refractivity contribution in [3.8, 4) is 11.5 Å². The van der Waals surface area contributed by atoms with Gasteiger partial charge >= 0.3 is 5.97 Å². The molecule has 0 aliphatic heterocycles. The number of phenols is 2. The smallest absolute Gasteiger partial charge is 0.314 e. The van der Waals surface area contributed by atoms with Crippen molar-refractivity contribution in [1.82, 2.24) is 0 Å². The van der Waals surface area contributed by atoms with Crippen molar-refractivity contribution in [3.05, 3.63) is 23.0 Å². The van der Waals surface area contributed by atoms with Gasteiger partial charge in [-0.1, -0.05) is 12.8 Å². The van der Waals surface area contributed by atoms with E-state index >= 15 is 0 Å². The van der Waals surface area contributed by atoms with Crippen LogP contribution in [0.2, 0.25) is 0 Å². The number of hydrogen-bond acceptors (Lipinski definition) is 3. The van der Waals surface area contributed by atoms with Crippen LogP contribution in [0, 0.1) is 12.7 Å². The summed E-state index contributed by atoms with van der Waals surface area (Å²) in [4.78, 5) is 11.5. The second-order valence-corrected chi connectivity index (χ2v) is 4.85. The number of phenolic OH excluding ortho intramolecular Hbond substituents is 2. The third-order valence-electron chi connectivity index (χ3n) is 3.79. The van der Waals surface area contributed by atoms with Crippen LogP contribution in [-0.2, 0) is 10.2 Å². The number of hydrogen-bond donors (Lipinski definition) is 3. The highest BCUT2D eigenvalue weighted by Crippen LogP contribution is 2.46. The van der Waals surface area contributed by atoms with Gasteiger partial charge in [-0.3, -0.25) is 4.79 Å². The molecular weight excluding hydrogens is 239 g/mol. The van der Waals surface area contributed by atoms with Gasteiger partial charge in [0.15, 0.2) is 17.3 Å². The van der Waals surface area contributed by atoms with Gasteiger partial charge in [0, 0.05) is 5.56 Å². The topological polar surface area (TPSA) is 77.8 Å². The van der Waals surface area contributed by atoms with E-state index in [1.165, 1.54) is 13.0 Å². The minimum Gasteiger partial charge on any atom is -0.504 e. The van der Waals surface area contributed by atoms with Crippen LogP contribution in [0.1, 0.15) is 36.8 Å². The van der Waals surface area contributed by atoms with Crippen LogP contribution < -0.4 is 0 Å². The lowest BCUT2D eigenvalue weighted by Gasteiger charge is -2.25. The summed E-state index contributed by atoms with van der Waals surface area (Å²) in [5, 5.41) is 28.3. The van der Waals surface area contributed by atoms with E-state index in [2.05, 4.69) is 0 Å². The second kappa shape index (κ2) is 4.15. The van der Waals surface area contributed by atoms with Gasteiger partial charge in [0.25, 0.3) is 0 Å². The SMILES string of the molecule is Cc1cc(C2(C(=O)O)CCCC2)c(F)c(O)c1O. The average Bonchev–Trinajstić information content (AvgIpc) is 2.81. The highest BCUT2D eigenvalue weighted by Gasteiger charge is 2.45. The minimum atomic E-state index is -1.28. The highest BCUT2D eigenvalue weighted by atomic mass is 19.1. The Labute approximate surface area is 104 Å². The first-order valence-corrected chi connectivity index (χ1v) is 5.85. The number of halogens is 1. The minimum absolute atomic E-state index is 0.0275. The van der Waals surface area contributed by atoms with Crippen LogP contribution >= 0.6 is 0 Å². The first-order chi connectivity index (χ1) is 8.40. The second-order valence-electron chi connectivity index (χ2n) is 4.85. The maximum absolute atomic E-state index is 14.0. The van der Waals surface area contributed by atoms with Crippen molar-refractivity contribution >= 4 is 5.97 Å². The summed E-state index contributed by atoms with van der Waals surface area (Å²) in [5.74, 6) is -3.50. The summed E-state index contributed by atoms with van der Waals surface area (Å²) >= 11 is 0. The van der Waals surface area contributed by atoms with Crippen LogP contribution in [0.25, 0.3) is 0 Å². The Kier molecular flexibility index (Phi) is 2.92. The molecule has 0 unspecified atom stereocenters. The number of carbonyl (C=O) groups is 1. The average molecular weight is 254 g/mol. The van der Waals surface area contributed by atoms with Crippen molar-refractivity contribution < 1.29 is 24.5 Å². The molecule has 1 aromatic carbocycles. The Morgan fingerprint density at radius 2 is 1.83 bits per heavy atom. The predicted molar refractivity (Wildman–Crippen MR) is 62.2 cm³/mol. The fourth-order valence-corrected chi connectivity index (χ4v) is 2.69. The normalized spacial score (nSPS) is 17.9. The fraction of sp³-hybridized carbons (Fsp3) is 0.462. The third kappa shape index (κ3) is 1.62. The van der Waals surface area contributed by atoms with Crippen molar-refractivity contribution in [1.29, 1.82) is 0 Å². The standard InChI is InChI=1S/C13H15FO4/c1-7-6-8(9(14)11(16)10(7)15)13(12(17)18)4-2-3-5-13/h6,15-16H,2-5H2,1H3,(H,17,18). The molecule has 0 atom stereocenters. The highest BCUT2D eigenvalue weighted by molar-refractivity contribution is 5.82. The molecule has 2 rings (SSSR count). The van der Waals surface area contributed by atoms with Crippen LogP contribution in [-0.4, -0.2) is 21.3 Å². The van der Waals surface area contributed by atoms with Gasteiger partial charge < -0.3 is 15.3 Å². The predicted octanol–water partition coefficient (Wildman–Crippen LogP) is 2.44. The molecule has 1 fully saturated rings. The molecule has 0 heterocycles. The van der Waals surface area contributed by atoms with Crippen LogP contribution in [0.3, 0.4) is 0 Å². The number of carboxylic acid groups (broad SMARTS) is 1. The molecule has 3 N–H and O–H groups in total. The van der Waals surface area contributed by atoms with Gasteiger partial charge in [0.1, 0.15) is 0 Å². The molecule has 0 aromatic heterocycles. The van der Waals surface area contributed by atoms with E-state index in [1.54, 1.807) is 0 Å². The molecule has 4 nitrogen and oxygen atoms in total. The number of aromatic hydroxyl groups is 2. The molecule has 1 aliphatic carbocycles. The number of benzene rings is 1. The van der Waals surface area contributed by atoms with Crippen molar-refractivity contribution in [2.75, 3.05) is 0 Å². The largest absolute Gasteiger partial charge is 0.504 e. The fourth-order valence-electron chi connectivity index (χ4n) is 2.69. The Bertz CT molecular complexity index is 504. The first-order valence-electron chi connectivity index (χ1n) is 5.85. The van der Waals surface area contributed by atoms with Crippen molar-refractivity contribution in [3.63, 3.8) is 0 Å². The summed E-state index contributed by atoms with van der Waals surface area (Å²) in [5.41, 5.74) is -1.03. The Morgan fingerprint density at radius 3 is 2.33 bits per heavy atom. The molecule has 0 bridgehead atoms. The Morgan fingerprint density at radius 1 is 1.28 bits per heavy atom. The zero-order chi connectivity index (χ0) is 13.5. The molecule has 18 heavy (non-hydrogen) atoms. The summed E-state index contributed by atoms with van der Waals surface area (Å²) in [6.07, 6.45) is 2.13. The molecule has 1 aliphatic rings. The van der Waals surface area contributed by atoms with Crippen LogP contribution in [0.5, 0.6) is 11.5 Å². The molecule has 1 saturated carbocycles. The Hall–Kier alpha value is -1.78. The van der Waals surface area contributed by atoms with Crippen LogP contribution in [0.15, 0.2) is 6.07 Å². The molecule has 98 valence electrons.